The first-order chi connectivity index (χ1) is 20.0. The number of Topliss-reactive ketones (excluding diaryl/α,β-unsaturated/α-hetero) is 1. The summed E-state index contributed by atoms with van der Waals surface area (Å²) in [7, 11) is 1.57. The third-order valence-electron chi connectivity index (χ3n) is 7.58. The monoisotopic (exact) mass is 580 g/mol. The van der Waals surface area contributed by atoms with Gasteiger partial charge in [-0.15, -0.1) is 0 Å². The Kier molecular flexibility index (Phi) is 11.9. The zero-order chi connectivity index (χ0) is 31.0. The SMILES string of the molecule is CCN(CC)CCN1C(=O)C(=O)C(=C(O)c2ccc(OCC(C)C)cc2C)C1c1ccc(OCCC(C)C)c(OC)c1. The van der Waals surface area contributed by atoms with Crippen molar-refractivity contribution < 1.29 is 28.9 Å². The van der Waals surface area contributed by atoms with E-state index in [4.69, 9.17) is 14.2 Å². The molecule has 0 aliphatic carbocycles. The molecule has 0 saturated carbocycles. The van der Waals surface area contributed by atoms with E-state index in [9.17, 15) is 14.7 Å². The molecule has 1 aliphatic rings. The number of amides is 1. The van der Waals surface area contributed by atoms with Crippen molar-refractivity contribution in [2.75, 3.05) is 46.5 Å². The zero-order valence-corrected chi connectivity index (χ0v) is 26.5. The van der Waals surface area contributed by atoms with Crippen LogP contribution in [0.3, 0.4) is 0 Å². The second kappa shape index (κ2) is 15.1. The van der Waals surface area contributed by atoms with E-state index in [0.717, 1.165) is 25.1 Å². The van der Waals surface area contributed by atoms with Crippen molar-refractivity contribution in [3.05, 3.63) is 58.7 Å². The molecule has 3 rings (SSSR count). The van der Waals surface area contributed by atoms with Gasteiger partial charge in [0.25, 0.3) is 11.7 Å². The third-order valence-corrected chi connectivity index (χ3v) is 7.58. The topological polar surface area (TPSA) is 88.5 Å². The Morgan fingerprint density at radius 3 is 2.29 bits per heavy atom. The first-order valence-electron chi connectivity index (χ1n) is 15.1. The largest absolute Gasteiger partial charge is 0.507 e. The number of ketones is 1. The van der Waals surface area contributed by atoms with Gasteiger partial charge in [0.1, 0.15) is 11.5 Å². The molecule has 1 amide bonds. The maximum Gasteiger partial charge on any atom is 0.295 e. The van der Waals surface area contributed by atoms with Crippen LogP contribution in [-0.4, -0.2) is 73.1 Å². The van der Waals surface area contributed by atoms with Crippen LogP contribution in [0.15, 0.2) is 42.0 Å². The van der Waals surface area contributed by atoms with Gasteiger partial charge in [-0.1, -0.05) is 47.6 Å². The molecule has 1 atom stereocenters. The predicted molar refractivity (Wildman–Crippen MR) is 166 cm³/mol. The number of ether oxygens (including phenoxy) is 3. The number of hydrogen-bond donors (Lipinski definition) is 1. The molecule has 1 aliphatic heterocycles. The maximum atomic E-state index is 13.6. The quantitative estimate of drug-likeness (QED) is 0.152. The van der Waals surface area contributed by atoms with Gasteiger partial charge in [-0.05, 0) is 79.7 Å². The van der Waals surface area contributed by atoms with Crippen LogP contribution in [0.4, 0.5) is 0 Å². The van der Waals surface area contributed by atoms with E-state index in [1.807, 2.05) is 25.1 Å². The number of nitrogens with zero attached hydrogens (tertiary/aromatic N) is 2. The summed E-state index contributed by atoms with van der Waals surface area (Å²) in [5, 5.41) is 11.6. The number of rotatable bonds is 15. The number of methoxy groups -OCH3 is 1. The van der Waals surface area contributed by atoms with Crippen LogP contribution in [0.2, 0.25) is 0 Å². The van der Waals surface area contributed by atoms with Gasteiger partial charge in [-0.25, -0.2) is 0 Å². The Balaban J connectivity index is 2.09. The van der Waals surface area contributed by atoms with Crippen LogP contribution >= 0.6 is 0 Å². The van der Waals surface area contributed by atoms with Crippen LogP contribution in [0.1, 0.15) is 70.7 Å². The van der Waals surface area contributed by atoms with E-state index >= 15 is 0 Å². The fraction of sp³-hybridized carbons (Fsp3) is 0.529. The summed E-state index contributed by atoms with van der Waals surface area (Å²) in [5.41, 5.74) is 1.96. The summed E-state index contributed by atoms with van der Waals surface area (Å²) in [6, 6.07) is 10.0. The van der Waals surface area contributed by atoms with Gasteiger partial charge in [0.05, 0.1) is 31.9 Å². The average Bonchev–Trinajstić information content (AvgIpc) is 3.21. The lowest BCUT2D eigenvalue weighted by Gasteiger charge is -2.28. The molecule has 8 nitrogen and oxygen atoms in total. The fourth-order valence-electron chi connectivity index (χ4n) is 5.02. The number of likely N-dealkylation sites (N-methyl/N-ethyl adjacent to an activating group) is 1. The lowest BCUT2D eigenvalue weighted by Crippen LogP contribution is -2.38. The molecule has 0 radical (unpaired) electrons. The Morgan fingerprint density at radius 1 is 0.976 bits per heavy atom. The number of benzene rings is 2. The second-order valence-corrected chi connectivity index (χ2v) is 11.6. The fourth-order valence-corrected chi connectivity index (χ4v) is 5.02. The molecule has 1 unspecified atom stereocenters. The normalized spacial score (nSPS) is 16.6. The second-order valence-electron chi connectivity index (χ2n) is 11.6. The first kappa shape index (κ1) is 33.0. The van der Waals surface area contributed by atoms with Crippen molar-refractivity contribution in [2.45, 2.75) is 60.9 Å². The van der Waals surface area contributed by atoms with Gasteiger partial charge in [0.2, 0.25) is 0 Å². The van der Waals surface area contributed by atoms with E-state index in [1.54, 1.807) is 30.2 Å². The summed E-state index contributed by atoms with van der Waals surface area (Å²) in [5.74, 6) is 1.13. The minimum Gasteiger partial charge on any atom is -0.507 e. The number of likely N-dealkylation sites (tertiary alicyclic amines) is 1. The molecule has 1 fully saturated rings. The molecule has 42 heavy (non-hydrogen) atoms. The van der Waals surface area contributed by atoms with Crippen LogP contribution < -0.4 is 14.2 Å². The van der Waals surface area contributed by atoms with Gasteiger partial charge in [0, 0.05) is 18.7 Å². The first-order valence-corrected chi connectivity index (χ1v) is 15.1. The number of aliphatic hydroxyl groups is 1. The van der Waals surface area contributed by atoms with Crippen LogP contribution in [0, 0.1) is 18.8 Å². The van der Waals surface area contributed by atoms with E-state index in [1.165, 1.54) is 0 Å². The Bertz CT molecular complexity index is 1260. The molecular formula is C34H48N2O6. The summed E-state index contributed by atoms with van der Waals surface area (Å²) < 4.78 is 17.5. The Hall–Kier alpha value is -3.52. The van der Waals surface area contributed by atoms with Crippen molar-refractivity contribution in [2.24, 2.45) is 11.8 Å². The van der Waals surface area contributed by atoms with Gasteiger partial charge in [0.15, 0.2) is 11.5 Å². The van der Waals surface area contributed by atoms with Crippen LogP contribution in [0.25, 0.3) is 5.76 Å². The minimum absolute atomic E-state index is 0.0639. The van der Waals surface area contributed by atoms with Crippen LogP contribution in [0.5, 0.6) is 17.2 Å². The summed E-state index contributed by atoms with van der Waals surface area (Å²) in [4.78, 5) is 30.8. The Morgan fingerprint density at radius 2 is 1.69 bits per heavy atom. The maximum absolute atomic E-state index is 13.6. The molecule has 1 saturated heterocycles. The molecular weight excluding hydrogens is 532 g/mol. The molecule has 0 aromatic heterocycles. The molecule has 2 aromatic rings. The number of aliphatic hydroxyl groups excluding tert-OH is 1. The molecule has 2 aromatic carbocycles. The van der Waals surface area contributed by atoms with Crippen molar-refractivity contribution in [3.8, 4) is 17.2 Å². The Labute approximate surface area is 251 Å². The highest BCUT2D eigenvalue weighted by Gasteiger charge is 2.46. The number of carbonyl (C=O) groups is 2. The van der Waals surface area contributed by atoms with Crippen LogP contribution in [-0.2, 0) is 9.59 Å². The van der Waals surface area contributed by atoms with Gasteiger partial charge < -0.3 is 29.1 Å². The summed E-state index contributed by atoms with van der Waals surface area (Å²) >= 11 is 0. The highest BCUT2D eigenvalue weighted by molar-refractivity contribution is 6.46. The predicted octanol–water partition coefficient (Wildman–Crippen LogP) is 6.23. The lowest BCUT2D eigenvalue weighted by atomic mass is 9.93. The summed E-state index contributed by atoms with van der Waals surface area (Å²) in [6.07, 6.45) is 0.900. The number of hydrogen-bond acceptors (Lipinski definition) is 7. The molecule has 1 N–H and O–H groups in total. The molecule has 0 bridgehead atoms. The molecule has 0 spiro atoms. The minimum atomic E-state index is -0.782. The molecule has 8 heteroatoms. The molecule has 230 valence electrons. The van der Waals surface area contributed by atoms with Crippen molar-refractivity contribution in [3.63, 3.8) is 0 Å². The van der Waals surface area contributed by atoms with Gasteiger partial charge in [-0.2, -0.15) is 0 Å². The third kappa shape index (κ3) is 7.85. The van der Waals surface area contributed by atoms with Gasteiger partial charge >= 0.3 is 0 Å². The highest BCUT2D eigenvalue weighted by Crippen LogP contribution is 2.42. The van der Waals surface area contributed by atoms with Crippen molar-refractivity contribution >= 4 is 17.4 Å². The van der Waals surface area contributed by atoms with Gasteiger partial charge in [-0.3, -0.25) is 9.59 Å². The van der Waals surface area contributed by atoms with E-state index in [0.29, 0.717) is 66.5 Å². The summed E-state index contributed by atoms with van der Waals surface area (Å²) in [6.45, 7) is 18.1. The van der Waals surface area contributed by atoms with E-state index in [-0.39, 0.29) is 11.3 Å². The molecule has 1 heterocycles. The average molecular weight is 581 g/mol. The number of aryl methyl sites for hydroxylation is 1. The highest BCUT2D eigenvalue weighted by atomic mass is 16.5. The smallest absolute Gasteiger partial charge is 0.295 e. The van der Waals surface area contributed by atoms with Crippen molar-refractivity contribution in [1.82, 2.24) is 9.80 Å². The zero-order valence-electron chi connectivity index (χ0n) is 26.5. The standard InChI is InChI=1S/C34H48N2O6/c1-9-35(10-2)16-17-36-31(25-11-14-28(29(20-25)40-8)41-18-15-22(3)4)30(33(38)34(36)39)32(37)27-13-12-26(19-24(27)7)42-21-23(5)6/h11-14,19-20,22-23,31,37H,9-10,15-18,21H2,1-8H3. The van der Waals surface area contributed by atoms with E-state index in [2.05, 4.69) is 46.4 Å². The number of carbonyl (C=O) groups excluding carboxylic acids is 2. The lowest BCUT2D eigenvalue weighted by molar-refractivity contribution is -0.140. The van der Waals surface area contributed by atoms with E-state index < -0.39 is 17.7 Å². The van der Waals surface area contributed by atoms with Crippen molar-refractivity contribution in [1.29, 1.82) is 0 Å².